The fourth-order valence-electron chi connectivity index (χ4n) is 1.73. The first-order valence-electron chi connectivity index (χ1n) is 4.99. The van der Waals surface area contributed by atoms with Gasteiger partial charge in [-0.3, -0.25) is 0 Å². The van der Waals surface area contributed by atoms with Gasteiger partial charge in [-0.15, -0.1) is 0 Å². The molecule has 0 nitrogen and oxygen atoms in total. The zero-order valence-corrected chi connectivity index (χ0v) is 10.7. The Kier molecular flexibility index (Phi) is 2.59. The molecule has 0 aliphatic heterocycles. The molecular formula is C12H21Si. The first-order chi connectivity index (χ1) is 5.73. The lowest BCUT2D eigenvalue weighted by Crippen LogP contribution is -2.31. The summed E-state index contributed by atoms with van der Waals surface area (Å²) in [6, 6.07) is 0. The zero-order valence-electron chi connectivity index (χ0n) is 9.73. The molecule has 0 spiro atoms. The Balaban J connectivity index is 2.92. The Bertz CT molecular complexity index is 245. The van der Waals surface area contributed by atoms with Gasteiger partial charge in [-0.1, -0.05) is 63.8 Å². The average Bonchev–Trinajstić information content (AvgIpc) is 2.27. The van der Waals surface area contributed by atoms with Crippen LogP contribution in [0.3, 0.4) is 0 Å². The van der Waals surface area contributed by atoms with E-state index in [4.69, 9.17) is 0 Å². The van der Waals surface area contributed by atoms with Gasteiger partial charge in [0.1, 0.15) is 0 Å². The molecule has 0 aromatic heterocycles. The first kappa shape index (κ1) is 10.8. The van der Waals surface area contributed by atoms with Gasteiger partial charge < -0.3 is 0 Å². The van der Waals surface area contributed by atoms with Crippen molar-refractivity contribution < 1.29 is 0 Å². The zero-order chi connectivity index (χ0) is 10.3. The highest BCUT2D eigenvalue weighted by atomic mass is 28.3. The Morgan fingerprint density at radius 1 is 1.08 bits per heavy atom. The quantitative estimate of drug-likeness (QED) is 0.553. The van der Waals surface area contributed by atoms with Crippen LogP contribution in [0.2, 0.25) is 19.6 Å². The van der Waals surface area contributed by atoms with Crippen LogP contribution >= 0.6 is 0 Å². The third-order valence-electron chi connectivity index (χ3n) is 2.43. The molecule has 0 aromatic rings. The van der Waals surface area contributed by atoms with Crippen LogP contribution in [-0.4, -0.2) is 8.07 Å². The fraction of sp³-hybridized carbons (Fsp3) is 0.583. The van der Waals surface area contributed by atoms with Gasteiger partial charge in [0, 0.05) is 5.92 Å². The predicted molar refractivity (Wildman–Crippen MR) is 63.3 cm³/mol. The summed E-state index contributed by atoms with van der Waals surface area (Å²) < 4.78 is 0. The van der Waals surface area contributed by atoms with E-state index >= 15 is 0 Å². The second-order valence-electron chi connectivity index (χ2n) is 5.85. The number of hydrogen-bond donors (Lipinski definition) is 0. The third kappa shape index (κ3) is 2.34. The lowest BCUT2D eigenvalue weighted by Gasteiger charge is -2.33. The highest BCUT2D eigenvalue weighted by Crippen LogP contribution is 2.41. The molecule has 1 aliphatic carbocycles. The van der Waals surface area contributed by atoms with Crippen molar-refractivity contribution in [3.63, 3.8) is 0 Å². The van der Waals surface area contributed by atoms with Crippen molar-refractivity contribution in [1.82, 2.24) is 0 Å². The largest absolute Gasteiger partial charge is 0.0736 e. The molecule has 1 aliphatic rings. The second-order valence-corrected chi connectivity index (χ2v) is 10.9. The lowest BCUT2D eigenvalue weighted by atomic mass is 9.82. The molecule has 73 valence electrons. The highest BCUT2D eigenvalue weighted by molar-refractivity contribution is 6.84. The summed E-state index contributed by atoms with van der Waals surface area (Å²) >= 11 is 0. The topological polar surface area (TPSA) is 0 Å². The molecule has 0 atom stereocenters. The smallest absolute Gasteiger partial charge is 0.0729 e. The summed E-state index contributed by atoms with van der Waals surface area (Å²) in [4.78, 5) is 0. The van der Waals surface area contributed by atoms with Crippen LogP contribution in [0.1, 0.15) is 20.8 Å². The average molecular weight is 193 g/mol. The minimum absolute atomic E-state index is 0.305. The normalized spacial score (nSPS) is 19.4. The van der Waals surface area contributed by atoms with Gasteiger partial charge in [-0.2, -0.15) is 0 Å². The van der Waals surface area contributed by atoms with E-state index in [9.17, 15) is 0 Å². The lowest BCUT2D eigenvalue weighted by molar-refractivity contribution is 0.472. The van der Waals surface area contributed by atoms with E-state index in [0.717, 1.165) is 0 Å². The fourth-order valence-corrected chi connectivity index (χ4v) is 3.59. The molecule has 0 fully saturated rings. The summed E-state index contributed by atoms with van der Waals surface area (Å²) in [7, 11) is -1.14. The Labute approximate surface area is 83.7 Å². The maximum Gasteiger partial charge on any atom is 0.0736 e. The molecule has 0 saturated carbocycles. The molecule has 0 heterocycles. The van der Waals surface area contributed by atoms with Crippen LogP contribution in [0.4, 0.5) is 0 Å². The van der Waals surface area contributed by atoms with E-state index in [1.807, 2.05) is 0 Å². The van der Waals surface area contributed by atoms with Crippen LogP contribution < -0.4 is 0 Å². The Morgan fingerprint density at radius 3 is 1.92 bits per heavy atom. The van der Waals surface area contributed by atoms with Gasteiger partial charge in [-0.05, 0) is 5.41 Å². The molecular weight excluding hydrogens is 172 g/mol. The number of hydrogen-bond acceptors (Lipinski definition) is 0. The van der Waals surface area contributed by atoms with Gasteiger partial charge in [0.05, 0.1) is 8.07 Å². The second kappa shape index (κ2) is 3.12. The number of rotatable bonds is 1. The molecule has 1 heteroatoms. The van der Waals surface area contributed by atoms with Crippen molar-refractivity contribution in [3.05, 3.63) is 29.3 Å². The van der Waals surface area contributed by atoms with Gasteiger partial charge in [0.25, 0.3) is 0 Å². The maximum absolute atomic E-state index is 2.41. The van der Waals surface area contributed by atoms with Crippen LogP contribution in [-0.2, 0) is 0 Å². The standard InChI is InChI=1S/C12H21Si/c1-12(2,3)10-8-7-9-11(10)13(4,5)6/h7-9H,1-6H3. The molecule has 1 rings (SSSR count). The molecule has 0 unspecified atom stereocenters. The van der Waals surface area contributed by atoms with E-state index in [0.29, 0.717) is 5.41 Å². The molecule has 0 aromatic carbocycles. The van der Waals surface area contributed by atoms with E-state index in [-0.39, 0.29) is 0 Å². The van der Waals surface area contributed by atoms with Gasteiger partial charge >= 0.3 is 0 Å². The molecule has 0 amide bonds. The summed E-state index contributed by atoms with van der Waals surface area (Å²) in [6.45, 7) is 14.1. The highest BCUT2D eigenvalue weighted by Gasteiger charge is 2.34. The summed E-state index contributed by atoms with van der Waals surface area (Å²) in [6.07, 6.45) is 6.80. The van der Waals surface area contributed by atoms with Gasteiger partial charge in [0.2, 0.25) is 0 Å². The molecule has 1 radical (unpaired) electrons. The summed E-state index contributed by atoms with van der Waals surface area (Å²) in [5.74, 6) is 1.55. The van der Waals surface area contributed by atoms with Crippen molar-refractivity contribution in [2.45, 2.75) is 40.4 Å². The molecule has 0 saturated heterocycles. The van der Waals surface area contributed by atoms with E-state index in [1.165, 1.54) is 0 Å². The first-order valence-corrected chi connectivity index (χ1v) is 8.49. The minimum Gasteiger partial charge on any atom is -0.0729 e. The van der Waals surface area contributed by atoms with E-state index < -0.39 is 8.07 Å². The molecule has 0 N–H and O–H groups in total. The van der Waals surface area contributed by atoms with Crippen molar-refractivity contribution in [2.24, 2.45) is 5.41 Å². The Morgan fingerprint density at radius 2 is 1.62 bits per heavy atom. The SMILES string of the molecule is CC(C)(C)[C]1C=CC=C1[Si](C)(C)C. The van der Waals surface area contributed by atoms with E-state index in [1.54, 1.807) is 11.1 Å². The van der Waals surface area contributed by atoms with Gasteiger partial charge in [-0.25, -0.2) is 0 Å². The van der Waals surface area contributed by atoms with Crippen molar-refractivity contribution in [3.8, 4) is 0 Å². The van der Waals surface area contributed by atoms with Crippen LogP contribution in [0.25, 0.3) is 0 Å². The summed E-state index contributed by atoms with van der Waals surface area (Å²) in [5.41, 5.74) is 0.305. The molecule has 0 bridgehead atoms. The minimum atomic E-state index is -1.14. The third-order valence-corrected chi connectivity index (χ3v) is 4.48. The van der Waals surface area contributed by atoms with Crippen LogP contribution in [0.5, 0.6) is 0 Å². The predicted octanol–water partition coefficient (Wildman–Crippen LogP) is 3.98. The maximum atomic E-state index is 2.41. The van der Waals surface area contributed by atoms with Crippen molar-refractivity contribution >= 4 is 8.07 Å². The molecule has 13 heavy (non-hydrogen) atoms. The van der Waals surface area contributed by atoms with Crippen LogP contribution in [0.15, 0.2) is 23.4 Å². The van der Waals surface area contributed by atoms with Crippen LogP contribution in [0, 0.1) is 11.3 Å². The Hall–Kier alpha value is -0.303. The van der Waals surface area contributed by atoms with Gasteiger partial charge in [0.15, 0.2) is 0 Å². The number of allylic oxidation sites excluding steroid dienone is 4. The monoisotopic (exact) mass is 193 g/mol. The van der Waals surface area contributed by atoms with E-state index in [2.05, 4.69) is 58.6 Å². The summed E-state index contributed by atoms with van der Waals surface area (Å²) in [5, 5.41) is 1.63. The van der Waals surface area contributed by atoms with Crippen molar-refractivity contribution in [2.75, 3.05) is 0 Å². The van der Waals surface area contributed by atoms with Crippen molar-refractivity contribution in [1.29, 1.82) is 0 Å².